The third-order valence-corrected chi connectivity index (χ3v) is 3.69. The number of carbonyl (C=O) groups excluding carboxylic acids is 1. The van der Waals surface area contributed by atoms with Crippen LogP contribution in [0.25, 0.3) is 0 Å². The van der Waals surface area contributed by atoms with E-state index in [0.29, 0.717) is 13.0 Å². The van der Waals surface area contributed by atoms with Gasteiger partial charge in [0.05, 0.1) is 0 Å². The molecule has 1 saturated heterocycles. The first-order chi connectivity index (χ1) is 7.16. The maximum absolute atomic E-state index is 12.4. The summed E-state index contributed by atoms with van der Waals surface area (Å²) in [5.41, 5.74) is -0.977. The summed E-state index contributed by atoms with van der Waals surface area (Å²) >= 11 is 0. The first-order valence-corrected chi connectivity index (χ1v) is 5.99. The normalized spacial score (nSPS) is 31.2. The van der Waals surface area contributed by atoms with Crippen LogP contribution in [-0.2, 0) is 4.79 Å². The summed E-state index contributed by atoms with van der Waals surface area (Å²) < 4.78 is 0. The van der Waals surface area contributed by atoms with Crippen molar-refractivity contribution in [2.24, 2.45) is 0 Å². The van der Waals surface area contributed by atoms with Crippen LogP contribution >= 0.6 is 0 Å². The van der Waals surface area contributed by atoms with E-state index in [2.05, 4.69) is 0 Å². The molecule has 2 N–H and O–H groups in total. The molecule has 0 aliphatic carbocycles. The molecule has 0 aromatic rings. The highest BCUT2D eigenvalue weighted by Gasteiger charge is 2.55. The van der Waals surface area contributed by atoms with Crippen molar-refractivity contribution in [1.82, 2.24) is 9.96 Å². The van der Waals surface area contributed by atoms with Crippen LogP contribution in [0, 0.1) is 0 Å². The van der Waals surface area contributed by atoms with Gasteiger partial charge in [0.2, 0.25) is 5.91 Å². The van der Waals surface area contributed by atoms with Crippen LogP contribution in [0.5, 0.6) is 0 Å². The van der Waals surface area contributed by atoms with E-state index in [1.54, 1.807) is 0 Å². The van der Waals surface area contributed by atoms with Gasteiger partial charge in [-0.05, 0) is 41.0 Å². The van der Waals surface area contributed by atoms with Crippen molar-refractivity contribution in [2.45, 2.75) is 65.1 Å². The van der Waals surface area contributed by atoms with E-state index in [0.717, 1.165) is 0 Å². The van der Waals surface area contributed by atoms with Gasteiger partial charge < -0.3 is 10.1 Å². The monoisotopic (exact) mass is 229 g/mol. The number of hydrogen-bond donors (Lipinski definition) is 0. The molecular weight excluding hydrogens is 204 g/mol. The van der Waals surface area contributed by atoms with E-state index in [4.69, 9.17) is 5.21 Å². The van der Waals surface area contributed by atoms with Gasteiger partial charge in [0, 0.05) is 12.6 Å². The second kappa shape index (κ2) is 4.00. The largest absolute Gasteiger partial charge is 0.337 e. The average Bonchev–Trinajstić information content (AvgIpc) is 2.20. The molecule has 1 aliphatic rings. The number of hydroxylamine groups is 2. The number of carbonyl (C=O) groups is 1. The molecule has 1 atom stereocenters. The first-order valence-electron chi connectivity index (χ1n) is 5.99. The van der Waals surface area contributed by atoms with Gasteiger partial charge in [-0.3, -0.25) is 4.79 Å². The SMILES string of the molecule is CCC1(C)C(=O)N(C(C)C)CC(C)(C)N1[OH2+]. The molecule has 94 valence electrons. The number of amides is 1. The minimum absolute atomic E-state index is 0.0827. The molecule has 0 aromatic carbocycles. The highest BCUT2D eigenvalue weighted by atomic mass is 16.5. The third-order valence-electron chi connectivity index (χ3n) is 3.69. The Balaban J connectivity index is 3.14. The van der Waals surface area contributed by atoms with Crippen molar-refractivity contribution in [3.05, 3.63) is 0 Å². The Morgan fingerprint density at radius 3 is 2.25 bits per heavy atom. The zero-order valence-corrected chi connectivity index (χ0v) is 11.3. The lowest BCUT2D eigenvalue weighted by molar-refractivity contribution is -0.253. The molecule has 0 saturated carbocycles. The molecule has 1 aliphatic heterocycles. The van der Waals surface area contributed by atoms with E-state index >= 15 is 0 Å². The minimum atomic E-state index is -0.688. The molecule has 1 unspecified atom stereocenters. The molecule has 1 amide bonds. The second-order valence-corrected chi connectivity index (χ2v) is 5.80. The summed E-state index contributed by atoms with van der Waals surface area (Å²) in [6.07, 6.45) is 0.669. The molecular formula is C12H25N2O2+. The van der Waals surface area contributed by atoms with Gasteiger partial charge in [-0.2, -0.15) is 0 Å². The smallest absolute Gasteiger partial charge is 0.250 e. The van der Waals surface area contributed by atoms with Gasteiger partial charge in [-0.25, -0.2) is 0 Å². The van der Waals surface area contributed by atoms with Crippen molar-refractivity contribution in [3.8, 4) is 0 Å². The van der Waals surface area contributed by atoms with E-state index < -0.39 is 5.54 Å². The number of hydrogen-bond acceptors (Lipinski definition) is 2. The molecule has 0 radical (unpaired) electrons. The Morgan fingerprint density at radius 2 is 1.88 bits per heavy atom. The summed E-state index contributed by atoms with van der Waals surface area (Å²) in [7, 11) is 0. The molecule has 4 nitrogen and oxygen atoms in total. The Labute approximate surface area is 98.2 Å². The van der Waals surface area contributed by atoms with Crippen LogP contribution in [-0.4, -0.2) is 44.7 Å². The lowest BCUT2D eigenvalue weighted by atomic mass is 9.85. The van der Waals surface area contributed by atoms with Gasteiger partial charge in [0.25, 0.3) is 0 Å². The summed E-state index contributed by atoms with van der Waals surface area (Å²) in [4.78, 5) is 14.3. The average molecular weight is 229 g/mol. The Bertz CT molecular complexity index is 289. The topological polar surface area (TPSA) is 46.5 Å². The number of rotatable bonds is 2. The van der Waals surface area contributed by atoms with Gasteiger partial charge in [-0.15, -0.1) is 0 Å². The van der Waals surface area contributed by atoms with Gasteiger partial charge in [-0.1, -0.05) is 12.0 Å². The predicted molar refractivity (Wildman–Crippen MR) is 65.1 cm³/mol. The third kappa shape index (κ3) is 1.84. The number of nitrogens with zero attached hydrogens (tertiary/aromatic N) is 2. The van der Waals surface area contributed by atoms with Crippen LogP contribution in [0.2, 0.25) is 0 Å². The highest BCUT2D eigenvalue weighted by Crippen LogP contribution is 2.34. The zero-order valence-electron chi connectivity index (χ0n) is 11.3. The second-order valence-electron chi connectivity index (χ2n) is 5.80. The fourth-order valence-corrected chi connectivity index (χ4v) is 2.36. The van der Waals surface area contributed by atoms with Crippen LogP contribution in [0.3, 0.4) is 0 Å². The fourth-order valence-electron chi connectivity index (χ4n) is 2.36. The summed E-state index contributed by atoms with van der Waals surface area (Å²) in [6, 6.07) is 0.200. The molecule has 1 rings (SSSR count). The maximum Gasteiger partial charge on any atom is 0.250 e. The van der Waals surface area contributed by atoms with Crippen molar-refractivity contribution in [2.75, 3.05) is 6.54 Å². The molecule has 0 bridgehead atoms. The van der Waals surface area contributed by atoms with E-state index in [9.17, 15) is 4.79 Å². The fraction of sp³-hybridized carbons (Fsp3) is 0.917. The number of piperazine rings is 1. The van der Waals surface area contributed by atoms with Crippen LogP contribution < -0.4 is 0 Å². The molecule has 0 spiro atoms. The Morgan fingerprint density at radius 1 is 1.38 bits per heavy atom. The van der Waals surface area contributed by atoms with E-state index in [1.165, 1.54) is 5.06 Å². The predicted octanol–water partition coefficient (Wildman–Crippen LogP) is 1.13. The van der Waals surface area contributed by atoms with Gasteiger partial charge in [0.1, 0.15) is 5.54 Å². The van der Waals surface area contributed by atoms with E-state index in [1.807, 2.05) is 46.4 Å². The summed E-state index contributed by atoms with van der Waals surface area (Å²) in [6.45, 7) is 12.6. The standard InChI is InChI=1S/C12H24N2O2/c1-7-12(6)10(15)13(9(2)3)8-11(4,5)14(12)16/h9,16H,7-8H2,1-6H3/p+1. The van der Waals surface area contributed by atoms with Crippen molar-refractivity contribution in [1.29, 1.82) is 0 Å². The van der Waals surface area contributed by atoms with E-state index in [-0.39, 0.29) is 17.5 Å². The van der Waals surface area contributed by atoms with Crippen molar-refractivity contribution in [3.63, 3.8) is 0 Å². The van der Waals surface area contributed by atoms with Crippen LogP contribution in [0.1, 0.15) is 48.0 Å². The highest BCUT2D eigenvalue weighted by molar-refractivity contribution is 5.87. The lowest BCUT2D eigenvalue weighted by Gasteiger charge is -2.50. The van der Waals surface area contributed by atoms with Gasteiger partial charge in [0.15, 0.2) is 5.54 Å². The van der Waals surface area contributed by atoms with Crippen molar-refractivity contribution < 1.29 is 10.0 Å². The zero-order chi connectivity index (χ0) is 12.7. The van der Waals surface area contributed by atoms with Crippen LogP contribution in [0.15, 0.2) is 0 Å². The first kappa shape index (κ1) is 13.5. The molecule has 16 heavy (non-hydrogen) atoms. The van der Waals surface area contributed by atoms with Crippen molar-refractivity contribution >= 4 is 5.91 Å². The quantitative estimate of drug-likeness (QED) is 0.666. The molecule has 1 fully saturated rings. The molecule has 0 aromatic heterocycles. The molecule has 1 heterocycles. The van der Waals surface area contributed by atoms with Crippen LogP contribution in [0.4, 0.5) is 0 Å². The van der Waals surface area contributed by atoms with Gasteiger partial charge >= 0.3 is 0 Å². The summed E-state index contributed by atoms with van der Waals surface area (Å²) in [5.74, 6) is 0.0827. The maximum atomic E-state index is 12.4. The summed E-state index contributed by atoms with van der Waals surface area (Å²) in [5, 5.41) is 9.66. The Hall–Kier alpha value is -0.610. The minimum Gasteiger partial charge on any atom is -0.337 e. The molecule has 4 heteroatoms. The Kier molecular flexibility index (Phi) is 3.37. The lowest BCUT2D eigenvalue weighted by Crippen LogP contribution is -2.71.